The quantitative estimate of drug-likeness (QED) is 0.787. The zero-order valence-electron chi connectivity index (χ0n) is 11.6. The lowest BCUT2D eigenvalue weighted by Gasteiger charge is -2.18. The highest BCUT2D eigenvalue weighted by atomic mass is 32.1. The van der Waals surface area contributed by atoms with Crippen molar-refractivity contribution < 1.29 is 9.90 Å². The van der Waals surface area contributed by atoms with E-state index in [0.29, 0.717) is 16.6 Å². The number of nitrogens with zero attached hydrogens (tertiary/aromatic N) is 1. The van der Waals surface area contributed by atoms with Gasteiger partial charge in [-0.3, -0.25) is 4.79 Å². The van der Waals surface area contributed by atoms with Gasteiger partial charge in [0.15, 0.2) is 5.13 Å². The molecule has 1 aromatic heterocycles. The summed E-state index contributed by atoms with van der Waals surface area (Å²) in [5.74, 6) is 0.231. The van der Waals surface area contributed by atoms with Crippen LogP contribution < -0.4 is 11.1 Å². The Labute approximate surface area is 121 Å². The number of nitrogens with one attached hydrogen (secondary N) is 1. The summed E-state index contributed by atoms with van der Waals surface area (Å²) in [7, 11) is 0. The first-order chi connectivity index (χ1) is 9.49. The molecule has 0 saturated heterocycles. The number of nitrogens with two attached hydrogens (primary N) is 1. The van der Waals surface area contributed by atoms with Crippen LogP contribution in [0.1, 0.15) is 30.6 Å². The van der Waals surface area contributed by atoms with Gasteiger partial charge in [0, 0.05) is 5.56 Å². The Balaban J connectivity index is 2.13. The van der Waals surface area contributed by atoms with Crippen LogP contribution in [-0.2, 0) is 0 Å². The Bertz CT molecular complexity index is 609. The molecule has 6 heteroatoms. The summed E-state index contributed by atoms with van der Waals surface area (Å²) in [4.78, 5) is 16.3. The fourth-order valence-corrected chi connectivity index (χ4v) is 2.87. The number of aliphatic hydroxyl groups is 1. The maximum Gasteiger partial charge on any atom is 0.251 e. The van der Waals surface area contributed by atoms with Crippen molar-refractivity contribution in [2.75, 3.05) is 12.3 Å². The largest absolute Gasteiger partial charge is 0.394 e. The number of fused-ring (bicyclic) bond motifs is 1. The van der Waals surface area contributed by atoms with Crippen molar-refractivity contribution in [1.82, 2.24) is 10.3 Å². The molecule has 1 aromatic carbocycles. The molecule has 0 aliphatic heterocycles. The van der Waals surface area contributed by atoms with Gasteiger partial charge < -0.3 is 16.2 Å². The maximum absolute atomic E-state index is 12.2. The Hall–Kier alpha value is -1.66. The van der Waals surface area contributed by atoms with Crippen LogP contribution in [0.15, 0.2) is 18.2 Å². The van der Waals surface area contributed by atoms with E-state index in [9.17, 15) is 9.90 Å². The Kier molecular flexibility index (Phi) is 4.57. The number of anilines is 1. The summed E-state index contributed by atoms with van der Waals surface area (Å²) in [6, 6.07) is 5.07. The number of aliphatic hydroxyl groups excluding tert-OH is 1. The Morgan fingerprint density at radius 3 is 2.90 bits per heavy atom. The summed E-state index contributed by atoms with van der Waals surface area (Å²) < 4.78 is 0.888. The number of carbonyl (C=O) groups excluding carboxylic acids is 1. The molecule has 0 radical (unpaired) electrons. The van der Waals surface area contributed by atoms with E-state index in [1.165, 1.54) is 11.3 Å². The third kappa shape index (κ3) is 3.46. The van der Waals surface area contributed by atoms with Crippen molar-refractivity contribution in [3.05, 3.63) is 23.8 Å². The van der Waals surface area contributed by atoms with Gasteiger partial charge in [-0.1, -0.05) is 25.2 Å². The van der Waals surface area contributed by atoms with Gasteiger partial charge >= 0.3 is 0 Å². The second-order valence-corrected chi connectivity index (χ2v) is 6.28. The minimum absolute atomic E-state index is 0.0559. The van der Waals surface area contributed by atoms with Crippen molar-refractivity contribution >= 4 is 32.6 Å². The molecule has 0 aliphatic rings. The maximum atomic E-state index is 12.2. The highest BCUT2D eigenvalue weighted by Crippen LogP contribution is 2.24. The topological polar surface area (TPSA) is 88.2 Å². The standard InChI is InChI=1S/C14H19N3O2S/c1-8(2)5-10(7-18)16-13(19)9-3-4-11-12(6-9)20-14(15)17-11/h3-4,6,8,10,18H,5,7H2,1-2H3,(H2,15,17)(H,16,19). The average Bonchev–Trinajstić information content (AvgIpc) is 2.76. The van der Waals surface area contributed by atoms with E-state index in [2.05, 4.69) is 24.1 Å². The van der Waals surface area contributed by atoms with E-state index in [4.69, 9.17) is 5.73 Å². The highest BCUT2D eigenvalue weighted by Gasteiger charge is 2.15. The molecule has 108 valence electrons. The molecule has 0 aliphatic carbocycles. The van der Waals surface area contributed by atoms with Gasteiger partial charge in [0.25, 0.3) is 5.91 Å². The SMILES string of the molecule is CC(C)CC(CO)NC(=O)c1ccc2nc(N)sc2c1. The van der Waals surface area contributed by atoms with E-state index in [0.717, 1.165) is 16.6 Å². The fourth-order valence-electron chi connectivity index (χ4n) is 2.10. The average molecular weight is 293 g/mol. The smallest absolute Gasteiger partial charge is 0.251 e. The first-order valence-electron chi connectivity index (χ1n) is 6.57. The van der Waals surface area contributed by atoms with Gasteiger partial charge in [-0.25, -0.2) is 4.98 Å². The predicted molar refractivity (Wildman–Crippen MR) is 81.8 cm³/mol. The summed E-state index contributed by atoms with van der Waals surface area (Å²) >= 11 is 1.36. The van der Waals surface area contributed by atoms with Crippen molar-refractivity contribution in [2.45, 2.75) is 26.3 Å². The van der Waals surface area contributed by atoms with Crippen LogP contribution in [-0.4, -0.2) is 28.6 Å². The lowest BCUT2D eigenvalue weighted by atomic mass is 10.0. The number of aromatic nitrogens is 1. The van der Waals surface area contributed by atoms with Crippen molar-refractivity contribution in [3.8, 4) is 0 Å². The second-order valence-electron chi connectivity index (χ2n) is 5.22. The van der Waals surface area contributed by atoms with Gasteiger partial charge in [-0.15, -0.1) is 0 Å². The zero-order chi connectivity index (χ0) is 14.7. The molecule has 1 heterocycles. The van der Waals surface area contributed by atoms with E-state index in [-0.39, 0.29) is 18.6 Å². The van der Waals surface area contributed by atoms with Crippen LogP contribution in [0.2, 0.25) is 0 Å². The molecule has 2 rings (SSSR count). The Morgan fingerprint density at radius 1 is 1.50 bits per heavy atom. The first kappa shape index (κ1) is 14.7. The Morgan fingerprint density at radius 2 is 2.25 bits per heavy atom. The number of thiazole rings is 1. The molecule has 0 fully saturated rings. The van der Waals surface area contributed by atoms with Gasteiger partial charge in [-0.05, 0) is 30.5 Å². The monoisotopic (exact) mass is 293 g/mol. The normalized spacial score (nSPS) is 12.8. The van der Waals surface area contributed by atoms with Crippen LogP contribution >= 0.6 is 11.3 Å². The molecule has 4 N–H and O–H groups in total. The second kappa shape index (κ2) is 6.19. The number of hydrogen-bond acceptors (Lipinski definition) is 5. The lowest BCUT2D eigenvalue weighted by molar-refractivity contribution is 0.0908. The molecule has 5 nitrogen and oxygen atoms in total. The number of benzene rings is 1. The van der Waals surface area contributed by atoms with E-state index in [1.54, 1.807) is 18.2 Å². The van der Waals surface area contributed by atoms with Gasteiger partial charge in [0.1, 0.15) is 0 Å². The van der Waals surface area contributed by atoms with E-state index < -0.39 is 0 Å². The van der Waals surface area contributed by atoms with E-state index >= 15 is 0 Å². The molecule has 0 bridgehead atoms. The number of nitrogen functional groups attached to an aromatic ring is 1. The third-order valence-corrected chi connectivity index (χ3v) is 3.83. The van der Waals surface area contributed by atoms with Gasteiger partial charge in [0.05, 0.1) is 22.9 Å². The van der Waals surface area contributed by atoms with Crippen molar-refractivity contribution in [3.63, 3.8) is 0 Å². The summed E-state index contributed by atoms with van der Waals surface area (Å²) in [5.41, 5.74) is 7.00. The number of carbonyl (C=O) groups is 1. The molecule has 1 atom stereocenters. The number of amides is 1. The van der Waals surface area contributed by atoms with Crippen LogP contribution in [0.5, 0.6) is 0 Å². The summed E-state index contributed by atoms with van der Waals surface area (Å²) in [6.45, 7) is 4.06. The fraction of sp³-hybridized carbons (Fsp3) is 0.429. The molecule has 1 unspecified atom stereocenters. The molecular formula is C14H19N3O2S. The van der Waals surface area contributed by atoms with Crippen LogP contribution in [0.4, 0.5) is 5.13 Å². The summed E-state index contributed by atoms with van der Waals surface area (Å²) in [6.07, 6.45) is 0.748. The van der Waals surface area contributed by atoms with Gasteiger partial charge in [0.2, 0.25) is 0 Å². The number of hydrogen-bond donors (Lipinski definition) is 3. The third-order valence-electron chi connectivity index (χ3n) is 2.98. The molecule has 1 amide bonds. The van der Waals surface area contributed by atoms with Crippen LogP contribution in [0.25, 0.3) is 10.2 Å². The molecule has 20 heavy (non-hydrogen) atoms. The van der Waals surface area contributed by atoms with Gasteiger partial charge in [-0.2, -0.15) is 0 Å². The molecule has 2 aromatic rings. The predicted octanol–water partition coefficient (Wildman–Crippen LogP) is 2.02. The summed E-state index contributed by atoms with van der Waals surface area (Å²) in [5, 5.41) is 12.6. The molecular weight excluding hydrogens is 274 g/mol. The van der Waals surface area contributed by atoms with Crippen LogP contribution in [0.3, 0.4) is 0 Å². The number of rotatable bonds is 5. The molecule has 0 saturated carbocycles. The first-order valence-corrected chi connectivity index (χ1v) is 7.39. The van der Waals surface area contributed by atoms with Crippen molar-refractivity contribution in [2.24, 2.45) is 5.92 Å². The lowest BCUT2D eigenvalue weighted by Crippen LogP contribution is -2.38. The zero-order valence-corrected chi connectivity index (χ0v) is 12.4. The highest BCUT2D eigenvalue weighted by molar-refractivity contribution is 7.22. The molecule has 0 spiro atoms. The van der Waals surface area contributed by atoms with Crippen molar-refractivity contribution in [1.29, 1.82) is 0 Å². The van der Waals surface area contributed by atoms with Crippen LogP contribution in [0, 0.1) is 5.92 Å². The minimum atomic E-state index is -0.218. The van der Waals surface area contributed by atoms with E-state index in [1.807, 2.05) is 0 Å². The minimum Gasteiger partial charge on any atom is -0.394 e.